The molecule has 0 radical (unpaired) electrons. The third-order valence-electron chi connectivity index (χ3n) is 5.37. The topological polar surface area (TPSA) is 59.4 Å². The van der Waals surface area contributed by atoms with Crippen LogP contribution in [0.15, 0.2) is 12.1 Å². The number of ether oxygens (including phenoxy) is 1. The normalized spacial score (nSPS) is 15.3. The molecule has 3 rings (SSSR count). The molecule has 4 nitrogen and oxygen atoms in total. The number of aromatic carboxylic acids is 1. The maximum Gasteiger partial charge on any atom is 0.340 e. The van der Waals surface area contributed by atoms with E-state index < -0.39 is 5.97 Å². The maximum atomic E-state index is 11.6. The number of rotatable bonds is 6. The van der Waals surface area contributed by atoms with Gasteiger partial charge >= 0.3 is 5.97 Å². The Morgan fingerprint density at radius 3 is 2.68 bits per heavy atom. The van der Waals surface area contributed by atoms with Gasteiger partial charge in [0.05, 0.1) is 17.3 Å². The zero-order chi connectivity index (χ0) is 20.6. The Labute approximate surface area is 175 Å². The molecule has 0 bridgehead atoms. The molecule has 1 N–H and O–H groups in total. The number of nitrogens with zero attached hydrogens (tertiary/aromatic N) is 1. The van der Waals surface area contributed by atoms with Crippen molar-refractivity contribution in [3.63, 3.8) is 0 Å². The summed E-state index contributed by atoms with van der Waals surface area (Å²) in [7, 11) is 0. The van der Waals surface area contributed by atoms with Crippen LogP contribution in [0.3, 0.4) is 0 Å². The summed E-state index contributed by atoms with van der Waals surface area (Å²) in [5.41, 5.74) is 4.44. The molecule has 1 atom stereocenters. The van der Waals surface area contributed by atoms with Crippen LogP contribution in [0.25, 0.3) is 11.3 Å². The Morgan fingerprint density at radius 1 is 1.36 bits per heavy atom. The zero-order valence-electron chi connectivity index (χ0n) is 16.6. The fourth-order valence-electron chi connectivity index (χ4n) is 3.78. The number of halogens is 2. The molecule has 2 aromatic rings. The quantitative estimate of drug-likeness (QED) is 0.424. The number of fused-ring (bicyclic) bond motifs is 3. The van der Waals surface area contributed by atoms with E-state index in [1.54, 1.807) is 0 Å². The van der Waals surface area contributed by atoms with Gasteiger partial charge in [-0.3, -0.25) is 0 Å². The second-order valence-electron chi connectivity index (χ2n) is 7.69. The van der Waals surface area contributed by atoms with Crippen molar-refractivity contribution < 1.29 is 14.6 Å². The van der Waals surface area contributed by atoms with E-state index in [1.807, 2.05) is 13.0 Å². The van der Waals surface area contributed by atoms with Gasteiger partial charge in [-0.2, -0.15) is 0 Å². The van der Waals surface area contributed by atoms with Crippen LogP contribution in [-0.2, 0) is 6.42 Å². The van der Waals surface area contributed by atoms with Crippen LogP contribution >= 0.6 is 23.2 Å². The van der Waals surface area contributed by atoms with Crippen molar-refractivity contribution in [3.05, 3.63) is 44.6 Å². The first-order valence-electron chi connectivity index (χ1n) is 9.65. The van der Waals surface area contributed by atoms with E-state index in [0.29, 0.717) is 12.3 Å². The largest absolute Gasteiger partial charge is 0.493 e. The summed E-state index contributed by atoms with van der Waals surface area (Å²) in [6, 6.07) is 4.14. The minimum Gasteiger partial charge on any atom is -0.493 e. The summed E-state index contributed by atoms with van der Waals surface area (Å²) < 4.78 is 5.97. The van der Waals surface area contributed by atoms with Crippen molar-refractivity contribution in [1.29, 1.82) is 0 Å². The minimum absolute atomic E-state index is 0.0593. The summed E-state index contributed by atoms with van der Waals surface area (Å²) >= 11 is 12.8. The lowest BCUT2D eigenvalue weighted by Crippen LogP contribution is -2.20. The van der Waals surface area contributed by atoms with E-state index in [0.717, 1.165) is 47.3 Å². The SMILES string of the molecule is CCCCOc1cc2c(cc1C)-c1nc(Cl)c(C(=O)O)c(Cl)c1C(C(C)C)C2. The maximum absolute atomic E-state index is 11.6. The molecule has 0 spiro atoms. The Bertz CT molecular complexity index is 925. The summed E-state index contributed by atoms with van der Waals surface area (Å²) in [5.74, 6) is 0.0517. The van der Waals surface area contributed by atoms with Crippen molar-refractivity contribution in [2.24, 2.45) is 5.92 Å². The van der Waals surface area contributed by atoms with Gasteiger partial charge in [0.1, 0.15) is 16.5 Å². The predicted octanol–water partition coefficient (Wildman–Crippen LogP) is 6.54. The van der Waals surface area contributed by atoms with Crippen LogP contribution in [0, 0.1) is 12.8 Å². The van der Waals surface area contributed by atoms with E-state index in [4.69, 9.17) is 27.9 Å². The van der Waals surface area contributed by atoms with Gasteiger partial charge in [0.2, 0.25) is 0 Å². The number of carbonyl (C=O) groups is 1. The molecule has 1 aromatic heterocycles. The van der Waals surface area contributed by atoms with E-state index >= 15 is 0 Å². The standard InChI is InChI=1S/C22H25Cl2NO3/c1-5-6-7-28-16-10-13-9-14(11(2)3)17-19(23)18(22(26)27)21(24)25-20(17)15(13)8-12(16)4/h8,10-11,14H,5-7,9H2,1-4H3,(H,26,27). The molecule has 1 aromatic carbocycles. The van der Waals surface area contributed by atoms with Crippen LogP contribution in [-0.4, -0.2) is 22.7 Å². The fraction of sp³-hybridized carbons (Fsp3) is 0.455. The Hall–Kier alpha value is -1.78. The van der Waals surface area contributed by atoms with Crippen molar-refractivity contribution >= 4 is 29.2 Å². The molecule has 1 heterocycles. The fourth-order valence-corrected chi connectivity index (χ4v) is 4.49. The third kappa shape index (κ3) is 3.72. The number of unbranched alkanes of at least 4 members (excludes halogenated alkanes) is 1. The van der Waals surface area contributed by atoms with Gasteiger partial charge in [-0.25, -0.2) is 9.78 Å². The van der Waals surface area contributed by atoms with Crippen molar-refractivity contribution in [3.8, 4) is 17.0 Å². The van der Waals surface area contributed by atoms with E-state index in [-0.39, 0.29) is 27.6 Å². The molecule has 1 aliphatic rings. The molecule has 28 heavy (non-hydrogen) atoms. The summed E-state index contributed by atoms with van der Waals surface area (Å²) in [6.45, 7) is 9.05. The second kappa shape index (κ2) is 8.30. The molecule has 0 saturated carbocycles. The number of hydrogen-bond acceptors (Lipinski definition) is 3. The molecule has 6 heteroatoms. The summed E-state index contributed by atoms with van der Waals surface area (Å²) in [4.78, 5) is 16.1. The summed E-state index contributed by atoms with van der Waals surface area (Å²) in [5, 5.41) is 9.65. The van der Waals surface area contributed by atoms with Gasteiger partial charge in [0.15, 0.2) is 0 Å². The molecule has 0 fully saturated rings. The monoisotopic (exact) mass is 421 g/mol. The van der Waals surface area contributed by atoms with Crippen molar-refractivity contribution in [2.45, 2.75) is 52.9 Å². The van der Waals surface area contributed by atoms with E-state index in [2.05, 4.69) is 31.8 Å². The first-order valence-corrected chi connectivity index (χ1v) is 10.4. The number of aryl methyl sites for hydroxylation is 1. The van der Waals surface area contributed by atoms with Gasteiger partial charge in [0.25, 0.3) is 0 Å². The number of carboxylic acid groups (broad SMARTS) is 1. The third-order valence-corrected chi connectivity index (χ3v) is 6.03. The number of carboxylic acids is 1. The predicted molar refractivity (Wildman–Crippen MR) is 113 cm³/mol. The van der Waals surface area contributed by atoms with Crippen LogP contribution in [0.4, 0.5) is 0 Å². The highest BCUT2D eigenvalue weighted by Gasteiger charge is 2.34. The van der Waals surface area contributed by atoms with Crippen LogP contribution in [0.1, 0.15) is 66.6 Å². The van der Waals surface area contributed by atoms with Gasteiger partial charge in [-0.1, -0.05) is 50.4 Å². The molecule has 1 unspecified atom stereocenters. The van der Waals surface area contributed by atoms with Crippen molar-refractivity contribution in [2.75, 3.05) is 6.61 Å². The Balaban J connectivity index is 2.19. The molecule has 0 aliphatic heterocycles. The van der Waals surface area contributed by atoms with E-state index in [1.165, 1.54) is 0 Å². The minimum atomic E-state index is -1.16. The molecule has 0 saturated heterocycles. The molecule has 1 aliphatic carbocycles. The lowest BCUT2D eigenvalue weighted by Gasteiger charge is -2.32. The first kappa shape index (κ1) is 20.9. The average molecular weight is 422 g/mol. The number of pyridine rings is 1. The van der Waals surface area contributed by atoms with Crippen LogP contribution in [0.5, 0.6) is 5.75 Å². The van der Waals surface area contributed by atoms with Gasteiger partial charge in [-0.05, 0) is 54.9 Å². The van der Waals surface area contributed by atoms with Crippen LogP contribution < -0.4 is 4.74 Å². The second-order valence-corrected chi connectivity index (χ2v) is 8.43. The smallest absolute Gasteiger partial charge is 0.340 e. The van der Waals surface area contributed by atoms with Crippen LogP contribution in [0.2, 0.25) is 10.2 Å². The highest BCUT2D eigenvalue weighted by molar-refractivity contribution is 6.39. The molecule has 150 valence electrons. The number of hydrogen-bond donors (Lipinski definition) is 1. The highest BCUT2D eigenvalue weighted by Crippen LogP contribution is 2.48. The molecule has 0 amide bonds. The summed E-state index contributed by atoms with van der Waals surface area (Å²) in [6.07, 6.45) is 2.85. The number of aromatic nitrogens is 1. The highest BCUT2D eigenvalue weighted by atomic mass is 35.5. The van der Waals surface area contributed by atoms with Crippen molar-refractivity contribution in [1.82, 2.24) is 4.98 Å². The molecular formula is C22H25Cl2NO3. The Kier molecular flexibility index (Phi) is 6.21. The first-order chi connectivity index (χ1) is 13.3. The number of benzene rings is 1. The van der Waals surface area contributed by atoms with Gasteiger partial charge < -0.3 is 9.84 Å². The zero-order valence-corrected chi connectivity index (χ0v) is 18.1. The van der Waals surface area contributed by atoms with Gasteiger partial charge in [-0.15, -0.1) is 0 Å². The average Bonchev–Trinajstić information content (AvgIpc) is 2.61. The Morgan fingerprint density at radius 2 is 2.07 bits per heavy atom. The lowest BCUT2D eigenvalue weighted by molar-refractivity contribution is 0.0696. The molecular weight excluding hydrogens is 397 g/mol. The van der Waals surface area contributed by atoms with Gasteiger partial charge in [0, 0.05) is 11.1 Å². The van der Waals surface area contributed by atoms with E-state index in [9.17, 15) is 9.90 Å². The lowest BCUT2D eigenvalue weighted by atomic mass is 9.75.